The highest BCUT2D eigenvalue weighted by Crippen LogP contribution is 2.20. The van der Waals surface area contributed by atoms with Gasteiger partial charge in [-0.1, -0.05) is 48.5 Å². The van der Waals surface area contributed by atoms with Crippen molar-refractivity contribution in [2.24, 2.45) is 17.2 Å². The molecule has 56 heavy (non-hydrogen) atoms. The van der Waals surface area contributed by atoms with Crippen molar-refractivity contribution in [1.82, 2.24) is 41.1 Å². The Morgan fingerprint density at radius 1 is 0.857 bits per heavy atom. The van der Waals surface area contributed by atoms with E-state index in [0.29, 0.717) is 25.1 Å². The van der Waals surface area contributed by atoms with Crippen LogP contribution in [0.3, 0.4) is 0 Å². The van der Waals surface area contributed by atoms with Crippen LogP contribution in [0.4, 0.5) is 0 Å². The van der Waals surface area contributed by atoms with E-state index in [4.69, 9.17) is 17.2 Å². The summed E-state index contributed by atoms with van der Waals surface area (Å²) in [6.07, 6.45) is 6.60. The Bertz CT molecular complexity index is 1970. The van der Waals surface area contributed by atoms with Gasteiger partial charge >= 0.3 is 0 Å². The number of nitrogens with two attached hydrogens (primary N) is 3. The molecule has 298 valence electrons. The fourth-order valence-electron chi connectivity index (χ4n) is 6.78. The quantitative estimate of drug-likeness (QED) is 0.0520. The lowest BCUT2D eigenvalue weighted by Gasteiger charge is -2.28. The number of carbonyl (C=O) groups is 6. The first-order valence-corrected chi connectivity index (χ1v) is 18.8. The van der Waals surface area contributed by atoms with Crippen molar-refractivity contribution in [3.8, 4) is 0 Å². The second kappa shape index (κ2) is 19.5. The van der Waals surface area contributed by atoms with Crippen LogP contribution >= 0.6 is 0 Å². The molecule has 1 aliphatic heterocycles. The number of imidazole rings is 1. The molecular formula is C39H51N11O6. The van der Waals surface area contributed by atoms with Crippen molar-refractivity contribution in [1.29, 1.82) is 0 Å². The van der Waals surface area contributed by atoms with Crippen LogP contribution in [0.5, 0.6) is 0 Å². The van der Waals surface area contributed by atoms with Crippen LogP contribution in [0.25, 0.3) is 10.9 Å². The van der Waals surface area contributed by atoms with E-state index >= 15 is 0 Å². The zero-order valence-corrected chi connectivity index (χ0v) is 31.3. The van der Waals surface area contributed by atoms with Crippen molar-refractivity contribution >= 4 is 46.3 Å². The first-order valence-electron chi connectivity index (χ1n) is 18.8. The van der Waals surface area contributed by atoms with Gasteiger partial charge in [-0.25, -0.2) is 4.98 Å². The highest BCUT2D eigenvalue weighted by molar-refractivity contribution is 5.96. The minimum Gasteiger partial charge on any atom is -0.368 e. The number of H-pyrrole nitrogens is 2. The molecule has 4 aromatic rings. The number of unbranched alkanes of at least 4 members (excludes halogenated alkanes) is 1. The van der Waals surface area contributed by atoms with Gasteiger partial charge < -0.3 is 53.3 Å². The van der Waals surface area contributed by atoms with E-state index in [0.717, 1.165) is 22.0 Å². The lowest BCUT2D eigenvalue weighted by Crippen LogP contribution is -2.59. The van der Waals surface area contributed by atoms with E-state index in [2.05, 4.69) is 36.2 Å². The van der Waals surface area contributed by atoms with Gasteiger partial charge in [0.15, 0.2) is 0 Å². The summed E-state index contributed by atoms with van der Waals surface area (Å²) in [5.74, 6) is -3.40. The number of aromatic amines is 2. The number of amides is 6. The molecule has 2 aromatic carbocycles. The highest BCUT2D eigenvalue weighted by atomic mass is 16.2. The van der Waals surface area contributed by atoms with Gasteiger partial charge in [0.25, 0.3) is 0 Å². The molecule has 1 aliphatic rings. The summed E-state index contributed by atoms with van der Waals surface area (Å²) in [6, 6.07) is 10.7. The average Bonchev–Trinajstić information content (AvgIpc) is 3.94. The van der Waals surface area contributed by atoms with Crippen LogP contribution in [-0.4, -0.2) is 105 Å². The van der Waals surface area contributed by atoms with Gasteiger partial charge in [0.1, 0.15) is 24.2 Å². The number of para-hydroxylation sites is 1. The van der Waals surface area contributed by atoms with Crippen LogP contribution in [0.1, 0.15) is 49.4 Å². The highest BCUT2D eigenvalue weighted by Gasteiger charge is 2.38. The number of fused-ring (bicyclic) bond motifs is 1. The number of primary amides is 1. The second-order valence-corrected chi connectivity index (χ2v) is 14.1. The maximum atomic E-state index is 14.3. The Hall–Kier alpha value is -6.07. The number of rotatable bonds is 20. The number of hydrogen-bond acceptors (Lipinski definition) is 9. The summed E-state index contributed by atoms with van der Waals surface area (Å²) < 4.78 is 0. The Morgan fingerprint density at radius 3 is 2.23 bits per heavy atom. The van der Waals surface area contributed by atoms with Crippen LogP contribution < -0.4 is 38.5 Å². The van der Waals surface area contributed by atoms with Gasteiger partial charge in [-0.05, 0) is 49.9 Å². The molecule has 1 saturated heterocycles. The Morgan fingerprint density at radius 2 is 1.54 bits per heavy atom. The molecule has 5 rings (SSSR count). The van der Waals surface area contributed by atoms with Crippen molar-refractivity contribution in [2.45, 2.75) is 88.1 Å². The number of hydrogen-bond donors (Lipinski definition) is 9. The molecule has 0 saturated carbocycles. The van der Waals surface area contributed by atoms with E-state index in [-0.39, 0.29) is 44.6 Å². The smallest absolute Gasteiger partial charge is 0.243 e. The minimum absolute atomic E-state index is 0.0335. The number of aromatic nitrogens is 3. The summed E-state index contributed by atoms with van der Waals surface area (Å²) in [7, 11) is 0. The summed E-state index contributed by atoms with van der Waals surface area (Å²) in [5.41, 5.74) is 20.3. The van der Waals surface area contributed by atoms with Crippen molar-refractivity contribution in [3.05, 3.63) is 90.1 Å². The predicted molar refractivity (Wildman–Crippen MR) is 208 cm³/mol. The van der Waals surface area contributed by atoms with E-state index in [1.807, 2.05) is 42.5 Å². The third-order valence-electron chi connectivity index (χ3n) is 9.94. The molecule has 2 aromatic heterocycles. The lowest BCUT2D eigenvalue weighted by atomic mass is 10.0. The van der Waals surface area contributed by atoms with E-state index in [1.165, 1.54) is 11.2 Å². The van der Waals surface area contributed by atoms with Gasteiger partial charge in [0, 0.05) is 61.2 Å². The van der Waals surface area contributed by atoms with Crippen molar-refractivity contribution in [2.75, 3.05) is 13.1 Å². The van der Waals surface area contributed by atoms with E-state index in [1.54, 1.807) is 31.5 Å². The second-order valence-electron chi connectivity index (χ2n) is 14.1. The number of carbonyl (C=O) groups excluding carboxylic acids is 6. The largest absolute Gasteiger partial charge is 0.368 e. The van der Waals surface area contributed by atoms with Gasteiger partial charge in [0.05, 0.1) is 18.4 Å². The normalized spacial score (nSPS) is 16.7. The maximum Gasteiger partial charge on any atom is 0.243 e. The molecule has 17 nitrogen and oxygen atoms in total. The zero-order valence-electron chi connectivity index (χ0n) is 31.3. The summed E-state index contributed by atoms with van der Waals surface area (Å²) in [6.45, 7) is 2.02. The van der Waals surface area contributed by atoms with E-state index < -0.39 is 65.8 Å². The molecule has 0 spiro atoms. The van der Waals surface area contributed by atoms with Crippen LogP contribution in [0.15, 0.2) is 73.3 Å². The van der Waals surface area contributed by atoms with Gasteiger partial charge in [-0.3, -0.25) is 28.8 Å². The zero-order chi connectivity index (χ0) is 40.2. The maximum absolute atomic E-state index is 14.3. The Kier molecular flexibility index (Phi) is 14.3. The van der Waals surface area contributed by atoms with Gasteiger partial charge in [0.2, 0.25) is 35.4 Å². The first kappa shape index (κ1) is 41.1. The average molecular weight is 770 g/mol. The minimum atomic E-state index is -1.19. The molecule has 0 aliphatic carbocycles. The molecule has 12 N–H and O–H groups in total. The fraction of sp³-hybridized carbons (Fsp3) is 0.410. The van der Waals surface area contributed by atoms with Crippen LogP contribution in [0.2, 0.25) is 0 Å². The van der Waals surface area contributed by atoms with Gasteiger partial charge in [-0.2, -0.15) is 0 Å². The molecular weight excluding hydrogens is 718 g/mol. The summed E-state index contributed by atoms with van der Waals surface area (Å²) >= 11 is 0. The van der Waals surface area contributed by atoms with E-state index in [9.17, 15) is 28.8 Å². The molecule has 3 heterocycles. The number of nitrogens with one attached hydrogen (secondary N) is 6. The topological polar surface area (TPSA) is 276 Å². The lowest BCUT2D eigenvalue weighted by molar-refractivity contribution is -0.138. The van der Waals surface area contributed by atoms with Crippen LogP contribution in [0, 0.1) is 0 Å². The fourth-order valence-corrected chi connectivity index (χ4v) is 6.78. The third kappa shape index (κ3) is 11.0. The Balaban J connectivity index is 1.32. The Labute approximate surface area is 324 Å². The molecule has 17 heteroatoms. The standard InChI is InChI=1S/C39H51N11O6/c1-23(50-21-27(18-34(50)51)46-37(54)29(41)17-26-20-43-22-45-26)36(53)48-33(16-25-19-44-30-12-6-5-11-28(25)30)39(56)49-32(15-24-9-3-2-4-10-24)38(55)47-31(35(42)52)13-7-8-14-40/h2-6,9-12,19-20,22-23,27,29,31-33,44H,7-8,13-18,21,40-41H2,1H3,(H2,42,52)(H,43,45)(H,46,54)(H,47,55)(H,48,53)(H,49,56)/t23-,27+,29+,31+,32-,33+/m0/s1. The number of benzene rings is 2. The number of likely N-dealkylation sites (tertiary alicyclic amines) is 1. The molecule has 0 unspecified atom stereocenters. The molecule has 1 fully saturated rings. The SMILES string of the molecule is C[C@@H](C(=O)N[C@H](Cc1c[nH]c2ccccc12)C(=O)N[C@@H](Cc1ccccc1)C(=O)N[C@H](CCCCN)C(N)=O)N1C[C@H](NC(=O)[C@H](N)Cc2cnc[nH]2)CC1=O. The van der Waals surface area contributed by atoms with Crippen LogP contribution in [-0.2, 0) is 48.0 Å². The van der Waals surface area contributed by atoms with Crippen molar-refractivity contribution in [3.63, 3.8) is 0 Å². The summed E-state index contributed by atoms with van der Waals surface area (Å²) in [4.78, 5) is 91.6. The third-order valence-corrected chi connectivity index (χ3v) is 9.94. The number of nitrogens with zero attached hydrogens (tertiary/aromatic N) is 2. The first-order chi connectivity index (χ1) is 26.9. The monoisotopic (exact) mass is 769 g/mol. The van der Waals surface area contributed by atoms with Crippen molar-refractivity contribution < 1.29 is 28.8 Å². The summed E-state index contributed by atoms with van der Waals surface area (Å²) in [5, 5.41) is 12.0. The molecule has 0 radical (unpaired) electrons. The predicted octanol–water partition coefficient (Wildman–Crippen LogP) is -0.579. The molecule has 6 atom stereocenters. The van der Waals surface area contributed by atoms with Gasteiger partial charge in [-0.15, -0.1) is 0 Å². The molecule has 0 bridgehead atoms. The molecule has 6 amide bonds.